The van der Waals surface area contributed by atoms with E-state index in [1.165, 1.54) is 25.1 Å². The van der Waals surface area contributed by atoms with E-state index in [1.54, 1.807) is 0 Å². The minimum atomic E-state index is -4.49. The van der Waals surface area contributed by atoms with Crippen LogP contribution in [0.2, 0.25) is 0 Å². The summed E-state index contributed by atoms with van der Waals surface area (Å²) in [6.45, 7) is 1.53. The van der Waals surface area contributed by atoms with Crippen LogP contribution in [0.15, 0.2) is 24.3 Å². The molecule has 0 saturated heterocycles. The Morgan fingerprint density at radius 1 is 1.29 bits per heavy atom. The van der Waals surface area contributed by atoms with Gasteiger partial charge in [0, 0.05) is 6.42 Å². The fourth-order valence-electron chi connectivity index (χ4n) is 2.73. The zero-order chi connectivity index (χ0) is 17.9. The lowest BCUT2D eigenvalue weighted by molar-refractivity contribution is -0.142. The molecule has 2 rings (SSSR count). The first-order valence-corrected chi connectivity index (χ1v) is 7.86. The number of nitrogens with one attached hydrogen (secondary N) is 1. The third-order valence-electron chi connectivity index (χ3n) is 4.19. The molecule has 1 amide bonds. The van der Waals surface area contributed by atoms with Crippen molar-refractivity contribution in [1.29, 1.82) is 0 Å². The van der Waals surface area contributed by atoms with Crippen LogP contribution in [-0.2, 0) is 15.8 Å². The van der Waals surface area contributed by atoms with Crippen LogP contribution in [0.5, 0.6) is 0 Å². The third-order valence-corrected chi connectivity index (χ3v) is 4.19. The molecule has 1 fully saturated rings. The van der Waals surface area contributed by atoms with Gasteiger partial charge in [-0.3, -0.25) is 4.79 Å². The topological polar surface area (TPSA) is 66.4 Å². The maximum atomic E-state index is 13.0. The largest absolute Gasteiger partial charge is 0.480 e. The molecule has 1 aromatic rings. The fourth-order valence-corrected chi connectivity index (χ4v) is 2.73. The fraction of sp³-hybridized carbons (Fsp3) is 0.529. The highest BCUT2D eigenvalue weighted by Crippen LogP contribution is 2.36. The van der Waals surface area contributed by atoms with Crippen LogP contribution in [-0.4, -0.2) is 23.0 Å². The second kappa shape index (κ2) is 7.23. The predicted octanol–water partition coefficient (Wildman–Crippen LogP) is 3.57. The average molecular weight is 343 g/mol. The van der Waals surface area contributed by atoms with Crippen LogP contribution in [0.3, 0.4) is 0 Å². The standard InChI is InChI=1S/C17H20F3NO3/c1-10(12-4-2-3-5-13(12)17(18,19)20)8-15(22)21-14(16(23)24)9-11-6-7-11/h2-5,10-11,14H,6-9H2,1H3,(H,21,22)(H,23,24). The van der Waals surface area contributed by atoms with Crippen molar-refractivity contribution in [1.82, 2.24) is 5.32 Å². The van der Waals surface area contributed by atoms with Crippen molar-refractivity contribution >= 4 is 11.9 Å². The zero-order valence-corrected chi connectivity index (χ0v) is 13.3. The summed E-state index contributed by atoms with van der Waals surface area (Å²) in [7, 11) is 0. The van der Waals surface area contributed by atoms with Gasteiger partial charge in [0.1, 0.15) is 6.04 Å². The summed E-state index contributed by atoms with van der Waals surface area (Å²) in [6.07, 6.45) is -2.41. The van der Waals surface area contributed by atoms with Gasteiger partial charge in [0.25, 0.3) is 0 Å². The number of hydrogen-bond acceptors (Lipinski definition) is 2. The van der Waals surface area contributed by atoms with Crippen molar-refractivity contribution in [3.8, 4) is 0 Å². The van der Waals surface area contributed by atoms with E-state index in [0.717, 1.165) is 18.9 Å². The second-order valence-corrected chi connectivity index (χ2v) is 6.33. The smallest absolute Gasteiger partial charge is 0.416 e. The number of aliphatic carboxylic acids is 1. The number of halogens is 3. The molecule has 2 N–H and O–H groups in total. The molecule has 132 valence electrons. The Morgan fingerprint density at radius 2 is 1.92 bits per heavy atom. The quantitative estimate of drug-likeness (QED) is 0.795. The summed E-state index contributed by atoms with van der Waals surface area (Å²) in [5, 5.41) is 11.6. The van der Waals surface area contributed by atoms with Gasteiger partial charge in [-0.1, -0.05) is 38.0 Å². The van der Waals surface area contributed by atoms with Crippen LogP contribution in [0.25, 0.3) is 0 Å². The van der Waals surface area contributed by atoms with E-state index in [-0.39, 0.29) is 12.0 Å². The van der Waals surface area contributed by atoms with Gasteiger partial charge < -0.3 is 10.4 Å². The predicted molar refractivity (Wildman–Crippen MR) is 81.4 cm³/mol. The van der Waals surface area contributed by atoms with Gasteiger partial charge in [0.05, 0.1) is 5.56 Å². The molecule has 24 heavy (non-hydrogen) atoms. The lowest BCUT2D eigenvalue weighted by Gasteiger charge is -2.19. The minimum Gasteiger partial charge on any atom is -0.480 e. The molecule has 0 heterocycles. The van der Waals surface area contributed by atoms with Crippen LogP contribution < -0.4 is 5.32 Å². The van der Waals surface area contributed by atoms with E-state index in [0.29, 0.717) is 12.3 Å². The van der Waals surface area contributed by atoms with E-state index < -0.39 is 35.6 Å². The summed E-state index contributed by atoms with van der Waals surface area (Å²) in [5.74, 6) is -2.01. The number of carbonyl (C=O) groups is 2. The zero-order valence-electron chi connectivity index (χ0n) is 13.3. The molecule has 0 aromatic heterocycles. The summed E-state index contributed by atoms with van der Waals surface area (Å²) in [6, 6.07) is 4.15. The van der Waals surface area contributed by atoms with Gasteiger partial charge in [-0.05, 0) is 29.9 Å². The lowest BCUT2D eigenvalue weighted by atomic mass is 9.92. The Bertz CT molecular complexity index is 611. The monoisotopic (exact) mass is 343 g/mol. The SMILES string of the molecule is CC(CC(=O)NC(CC1CC1)C(=O)O)c1ccccc1C(F)(F)F. The lowest BCUT2D eigenvalue weighted by Crippen LogP contribution is -2.41. The van der Waals surface area contributed by atoms with E-state index >= 15 is 0 Å². The Labute approximate surface area is 138 Å². The molecule has 1 aliphatic rings. The normalized spacial score (nSPS) is 17.2. The van der Waals surface area contributed by atoms with Crippen molar-refractivity contribution in [3.63, 3.8) is 0 Å². The Morgan fingerprint density at radius 3 is 2.46 bits per heavy atom. The highest BCUT2D eigenvalue weighted by atomic mass is 19.4. The van der Waals surface area contributed by atoms with Gasteiger partial charge in [-0.2, -0.15) is 13.2 Å². The number of alkyl halides is 3. The maximum absolute atomic E-state index is 13.0. The number of carboxylic acids is 1. The van der Waals surface area contributed by atoms with Crippen LogP contribution >= 0.6 is 0 Å². The number of benzene rings is 1. The Kier molecular flexibility index (Phi) is 5.51. The molecular weight excluding hydrogens is 323 g/mol. The number of amides is 1. The van der Waals surface area contributed by atoms with Crippen molar-refractivity contribution in [2.45, 2.75) is 50.7 Å². The van der Waals surface area contributed by atoms with Crippen molar-refractivity contribution in [2.75, 3.05) is 0 Å². The van der Waals surface area contributed by atoms with Crippen molar-refractivity contribution < 1.29 is 27.9 Å². The molecule has 1 aliphatic carbocycles. The number of carbonyl (C=O) groups excluding carboxylic acids is 1. The van der Waals surface area contributed by atoms with E-state index in [9.17, 15) is 22.8 Å². The summed E-state index contributed by atoms with van der Waals surface area (Å²) in [5.41, 5.74) is -0.729. The van der Waals surface area contributed by atoms with E-state index in [1.807, 2.05) is 0 Å². The molecule has 2 atom stereocenters. The van der Waals surface area contributed by atoms with Gasteiger partial charge in [-0.15, -0.1) is 0 Å². The van der Waals surface area contributed by atoms with Gasteiger partial charge in [-0.25, -0.2) is 4.79 Å². The van der Waals surface area contributed by atoms with E-state index in [4.69, 9.17) is 5.11 Å². The summed E-state index contributed by atoms with van der Waals surface area (Å²) in [4.78, 5) is 23.2. The minimum absolute atomic E-state index is 0.0363. The second-order valence-electron chi connectivity index (χ2n) is 6.33. The first kappa shape index (κ1) is 18.3. The molecular formula is C17H20F3NO3. The highest BCUT2D eigenvalue weighted by Gasteiger charge is 2.35. The number of carboxylic acid groups (broad SMARTS) is 1. The highest BCUT2D eigenvalue weighted by molar-refractivity contribution is 5.84. The molecule has 0 radical (unpaired) electrons. The van der Waals surface area contributed by atoms with Crippen molar-refractivity contribution in [2.24, 2.45) is 5.92 Å². The van der Waals surface area contributed by atoms with Crippen LogP contribution in [0.4, 0.5) is 13.2 Å². The first-order valence-electron chi connectivity index (χ1n) is 7.86. The molecule has 1 saturated carbocycles. The Balaban J connectivity index is 2.02. The maximum Gasteiger partial charge on any atom is 0.416 e. The average Bonchev–Trinajstić information content (AvgIpc) is 3.29. The van der Waals surface area contributed by atoms with Crippen molar-refractivity contribution in [3.05, 3.63) is 35.4 Å². The van der Waals surface area contributed by atoms with Gasteiger partial charge in [0.15, 0.2) is 0 Å². The molecule has 0 aliphatic heterocycles. The summed E-state index contributed by atoms with van der Waals surface area (Å²) < 4.78 is 39.1. The van der Waals surface area contributed by atoms with Crippen LogP contribution in [0, 0.1) is 5.92 Å². The first-order chi connectivity index (χ1) is 11.2. The molecule has 0 spiro atoms. The third kappa shape index (κ3) is 4.97. The van der Waals surface area contributed by atoms with Gasteiger partial charge >= 0.3 is 12.1 Å². The number of hydrogen-bond donors (Lipinski definition) is 2. The molecule has 2 unspecified atom stereocenters. The molecule has 4 nitrogen and oxygen atoms in total. The van der Waals surface area contributed by atoms with E-state index in [2.05, 4.69) is 5.32 Å². The van der Waals surface area contributed by atoms with Gasteiger partial charge in [0.2, 0.25) is 5.91 Å². The Hall–Kier alpha value is -2.05. The molecule has 7 heteroatoms. The summed E-state index contributed by atoms with van der Waals surface area (Å²) >= 11 is 0. The molecule has 0 bridgehead atoms. The molecule has 1 aromatic carbocycles. The number of rotatable bonds is 7. The van der Waals surface area contributed by atoms with Crippen LogP contribution in [0.1, 0.15) is 49.7 Å².